The molecule has 2 rings (SSSR count). The highest BCUT2D eigenvalue weighted by molar-refractivity contribution is 9.09. The first-order chi connectivity index (χ1) is 8.63. The van der Waals surface area contributed by atoms with E-state index in [1.165, 1.54) is 11.1 Å². The minimum atomic E-state index is 0.0693. The molecule has 0 spiro atoms. The number of hydrogen-bond acceptors (Lipinski definition) is 0. The normalized spacial score (nSPS) is 12.4. The molecule has 0 amide bonds. The molecule has 0 fully saturated rings. The molecule has 0 bridgehead atoms. The van der Waals surface area contributed by atoms with E-state index in [1.54, 1.807) is 6.07 Å². The van der Waals surface area contributed by atoms with E-state index in [2.05, 4.69) is 41.1 Å². The first-order valence-corrected chi connectivity index (χ1v) is 7.47. The molecule has 0 saturated heterocycles. The van der Waals surface area contributed by atoms with Gasteiger partial charge in [0.2, 0.25) is 0 Å². The van der Waals surface area contributed by atoms with Gasteiger partial charge in [-0.2, -0.15) is 0 Å². The van der Waals surface area contributed by atoms with Crippen molar-refractivity contribution >= 4 is 39.1 Å². The summed E-state index contributed by atoms with van der Waals surface area (Å²) in [4.78, 5) is 0.0693. The zero-order valence-electron chi connectivity index (χ0n) is 9.96. The Morgan fingerprint density at radius 2 is 1.78 bits per heavy atom. The number of hydrogen-bond donors (Lipinski definition) is 0. The van der Waals surface area contributed by atoms with Crippen molar-refractivity contribution in [3.8, 4) is 0 Å². The Morgan fingerprint density at radius 3 is 2.50 bits per heavy atom. The summed E-state index contributed by atoms with van der Waals surface area (Å²) in [7, 11) is 0. The monoisotopic (exact) mass is 342 g/mol. The van der Waals surface area contributed by atoms with Crippen molar-refractivity contribution in [2.45, 2.75) is 18.2 Å². The van der Waals surface area contributed by atoms with Crippen molar-refractivity contribution in [2.24, 2.45) is 0 Å². The highest BCUT2D eigenvalue weighted by atomic mass is 79.9. The maximum absolute atomic E-state index is 6.25. The van der Waals surface area contributed by atoms with E-state index < -0.39 is 0 Å². The maximum atomic E-state index is 6.25. The van der Waals surface area contributed by atoms with Crippen molar-refractivity contribution in [1.82, 2.24) is 0 Å². The van der Waals surface area contributed by atoms with Gasteiger partial charge in [-0.3, -0.25) is 0 Å². The van der Waals surface area contributed by atoms with E-state index in [-0.39, 0.29) is 4.83 Å². The van der Waals surface area contributed by atoms with E-state index in [9.17, 15) is 0 Å². The molecule has 3 heteroatoms. The van der Waals surface area contributed by atoms with Crippen LogP contribution in [0.3, 0.4) is 0 Å². The molecule has 0 N–H and O–H groups in total. The average Bonchev–Trinajstić information content (AvgIpc) is 2.40. The quantitative estimate of drug-likeness (QED) is 0.596. The lowest BCUT2D eigenvalue weighted by Crippen LogP contribution is -1.98. The summed E-state index contributed by atoms with van der Waals surface area (Å²) in [5, 5.41) is 1.43. The smallest absolute Gasteiger partial charge is 0.0662 e. The van der Waals surface area contributed by atoms with Gasteiger partial charge >= 0.3 is 0 Å². The second kappa shape index (κ2) is 6.10. The van der Waals surface area contributed by atoms with Crippen LogP contribution in [-0.4, -0.2) is 0 Å². The highest BCUT2D eigenvalue weighted by Crippen LogP contribution is 2.38. The van der Waals surface area contributed by atoms with Gasteiger partial charge in [-0.25, -0.2) is 0 Å². The van der Waals surface area contributed by atoms with Crippen LogP contribution in [0, 0.1) is 0 Å². The van der Waals surface area contributed by atoms with Crippen molar-refractivity contribution in [3.05, 3.63) is 69.2 Å². The van der Waals surface area contributed by atoms with Crippen LogP contribution in [0.25, 0.3) is 0 Å². The van der Waals surface area contributed by atoms with Gasteiger partial charge in [-0.15, -0.1) is 0 Å². The van der Waals surface area contributed by atoms with Crippen LogP contribution in [0.4, 0.5) is 0 Å². The molecule has 0 radical (unpaired) electrons. The molecule has 2 aromatic carbocycles. The van der Waals surface area contributed by atoms with Crippen molar-refractivity contribution in [3.63, 3.8) is 0 Å². The number of benzene rings is 2. The summed E-state index contributed by atoms with van der Waals surface area (Å²) in [5.41, 5.74) is 3.56. The van der Waals surface area contributed by atoms with Crippen LogP contribution in [0.5, 0.6) is 0 Å². The summed E-state index contributed by atoms with van der Waals surface area (Å²) in [6, 6.07) is 13.9. The first-order valence-electron chi connectivity index (χ1n) is 5.80. The Hall–Kier alpha value is -0.500. The second-order valence-electron chi connectivity index (χ2n) is 4.08. The molecule has 0 nitrogen and oxygen atoms in total. The largest absolute Gasteiger partial charge is 0.0843 e. The third-order valence-electron chi connectivity index (χ3n) is 2.94. The van der Waals surface area contributed by atoms with Crippen molar-refractivity contribution < 1.29 is 0 Å². The third-order valence-corrected chi connectivity index (χ3v) is 4.51. The molecule has 0 aliphatic rings. The molecule has 18 heavy (non-hydrogen) atoms. The van der Waals surface area contributed by atoms with Gasteiger partial charge in [0.05, 0.1) is 4.83 Å². The zero-order chi connectivity index (χ0) is 13.1. The van der Waals surface area contributed by atoms with Crippen LogP contribution in [0.2, 0.25) is 10.0 Å². The summed E-state index contributed by atoms with van der Waals surface area (Å²) in [5.74, 6) is 0. The molecule has 0 aromatic heterocycles. The van der Waals surface area contributed by atoms with Crippen LogP contribution in [0.15, 0.2) is 42.5 Å². The van der Waals surface area contributed by atoms with Crippen molar-refractivity contribution in [1.29, 1.82) is 0 Å². The second-order valence-corrected chi connectivity index (χ2v) is 5.84. The third kappa shape index (κ3) is 2.90. The predicted octanol–water partition coefficient (Wildman–Crippen LogP) is 6.04. The van der Waals surface area contributed by atoms with Crippen molar-refractivity contribution in [2.75, 3.05) is 0 Å². The lowest BCUT2D eigenvalue weighted by molar-refractivity contribution is 1.06. The Balaban J connectivity index is 2.47. The summed E-state index contributed by atoms with van der Waals surface area (Å²) < 4.78 is 0. The van der Waals surface area contributed by atoms with E-state index in [4.69, 9.17) is 23.2 Å². The van der Waals surface area contributed by atoms with E-state index >= 15 is 0 Å². The molecule has 1 unspecified atom stereocenters. The number of rotatable bonds is 3. The van der Waals surface area contributed by atoms with Gasteiger partial charge in [0.1, 0.15) is 0 Å². The number of alkyl halides is 1. The van der Waals surface area contributed by atoms with Gasteiger partial charge < -0.3 is 0 Å². The fourth-order valence-corrected chi connectivity index (χ4v) is 3.34. The molecule has 0 saturated carbocycles. The average molecular weight is 344 g/mol. The minimum Gasteiger partial charge on any atom is -0.0843 e. The molecular weight excluding hydrogens is 331 g/mol. The molecule has 0 aliphatic heterocycles. The highest BCUT2D eigenvalue weighted by Gasteiger charge is 2.16. The van der Waals surface area contributed by atoms with Gasteiger partial charge in [0.25, 0.3) is 0 Å². The summed E-state index contributed by atoms with van der Waals surface area (Å²) in [6.45, 7) is 2.15. The van der Waals surface area contributed by atoms with Gasteiger partial charge in [0.15, 0.2) is 0 Å². The molecule has 94 valence electrons. The van der Waals surface area contributed by atoms with Crippen LogP contribution in [0.1, 0.15) is 28.4 Å². The lowest BCUT2D eigenvalue weighted by atomic mass is 9.98. The molecule has 0 heterocycles. The number of aryl methyl sites for hydroxylation is 1. The molecular formula is C15H13BrCl2. The fourth-order valence-electron chi connectivity index (χ4n) is 1.98. The summed E-state index contributed by atoms with van der Waals surface area (Å²) >= 11 is 16.0. The van der Waals surface area contributed by atoms with E-state index in [0.29, 0.717) is 5.02 Å². The Labute approximate surface area is 126 Å². The van der Waals surface area contributed by atoms with E-state index in [1.807, 2.05) is 18.2 Å². The minimum absolute atomic E-state index is 0.0693. The number of halogens is 3. The maximum Gasteiger partial charge on any atom is 0.0662 e. The fraction of sp³-hybridized carbons (Fsp3) is 0.200. The van der Waals surface area contributed by atoms with Crippen LogP contribution in [-0.2, 0) is 6.42 Å². The van der Waals surface area contributed by atoms with E-state index in [0.717, 1.165) is 17.0 Å². The SMILES string of the molecule is CCc1ccccc1C(Br)c1cc(Cl)ccc1Cl. The lowest BCUT2D eigenvalue weighted by Gasteiger charge is -2.16. The topological polar surface area (TPSA) is 0 Å². The Bertz CT molecular complexity index is 552. The Morgan fingerprint density at radius 1 is 1.06 bits per heavy atom. The summed E-state index contributed by atoms with van der Waals surface area (Å²) in [6.07, 6.45) is 0.996. The molecule has 0 aliphatic carbocycles. The standard InChI is InChI=1S/C15H13BrCl2/c1-2-10-5-3-4-6-12(10)15(16)13-9-11(17)7-8-14(13)18/h3-9,15H,2H2,1H3. The van der Waals surface area contributed by atoms with Crippen LogP contribution < -0.4 is 0 Å². The zero-order valence-corrected chi connectivity index (χ0v) is 13.1. The van der Waals surface area contributed by atoms with Gasteiger partial charge in [0, 0.05) is 10.0 Å². The first kappa shape index (κ1) is 13.9. The Kier molecular flexibility index (Phi) is 4.71. The molecule has 1 atom stereocenters. The predicted molar refractivity (Wildman–Crippen MR) is 83.1 cm³/mol. The van der Waals surface area contributed by atoms with Gasteiger partial charge in [-0.05, 0) is 41.3 Å². The molecule has 2 aromatic rings. The van der Waals surface area contributed by atoms with Gasteiger partial charge in [-0.1, -0.05) is 70.3 Å². The van der Waals surface area contributed by atoms with Crippen LogP contribution >= 0.6 is 39.1 Å².